The van der Waals surface area contributed by atoms with Crippen LogP contribution in [0.15, 0.2) is 30.3 Å². The van der Waals surface area contributed by atoms with Crippen LogP contribution in [0.1, 0.15) is 71.7 Å². The molecule has 2 aromatic rings. The average Bonchev–Trinajstić information content (AvgIpc) is 3.09. The number of amides is 2. The molecule has 0 radical (unpaired) electrons. The lowest BCUT2D eigenvalue weighted by Gasteiger charge is -2.23. The Morgan fingerprint density at radius 2 is 1.74 bits per heavy atom. The van der Waals surface area contributed by atoms with Gasteiger partial charge in [-0.15, -0.1) is 0 Å². The number of carbonyl (C=O) groups excluding carboxylic acids is 2. The summed E-state index contributed by atoms with van der Waals surface area (Å²) in [5, 5.41) is 6.03. The normalized spacial score (nSPS) is 17.2. The molecule has 2 aliphatic rings. The van der Waals surface area contributed by atoms with Crippen LogP contribution in [0.25, 0.3) is 0 Å². The minimum atomic E-state index is -0.247. The summed E-state index contributed by atoms with van der Waals surface area (Å²) in [7, 11) is 0. The maximum atomic E-state index is 12.9. The molecule has 1 aromatic carbocycles. The number of fused-ring (bicyclic) bond motifs is 1. The van der Waals surface area contributed by atoms with Crippen molar-refractivity contribution >= 4 is 17.5 Å². The van der Waals surface area contributed by atoms with E-state index in [4.69, 9.17) is 0 Å². The first-order valence-corrected chi connectivity index (χ1v) is 9.99. The average molecular weight is 366 g/mol. The summed E-state index contributed by atoms with van der Waals surface area (Å²) in [4.78, 5) is 30.1. The van der Waals surface area contributed by atoms with Crippen molar-refractivity contribution in [2.45, 2.75) is 64.0 Å². The van der Waals surface area contributed by atoms with Crippen LogP contribution in [0.4, 0.5) is 5.69 Å². The molecule has 0 spiro atoms. The van der Waals surface area contributed by atoms with Crippen molar-refractivity contribution in [2.24, 2.45) is 0 Å². The molecule has 6 nitrogen and oxygen atoms in total. The molecule has 27 heavy (non-hydrogen) atoms. The minimum Gasteiger partial charge on any atom is -0.347 e. The first kappa shape index (κ1) is 17.8. The second kappa shape index (κ2) is 7.94. The van der Waals surface area contributed by atoms with Crippen molar-refractivity contribution in [3.63, 3.8) is 0 Å². The smallest absolute Gasteiger partial charge is 0.287 e. The third kappa shape index (κ3) is 3.89. The van der Waals surface area contributed by atoms with Gasteiger partial charge in [0.15, 0.2) is 11.5 Å². The maximum absolute atomic E-state index is 12.9. The summed E-state index contributed by atoms with van der Waals surface area (Å²) >= 11 is 0. The number of hydrogen-bond donors (Lipinski definition) is 2. The number of nitrogens with zero attached hydrogens (tertiary/aromatic N) is 2. The fraction of sp³-hybridized carbons (Fsp3) is 0.476. The van der Waals surface area contributed by atoms with E-state index in [0.717, 1.165) is 62.9 Å². The molecule has 0 unspecified atom stereocenters. The number of benzene rings is 1. The highest BCUT2D eigenvalue weighted by Crippen LogP contribution is 2.23. The van der Waals surface area contributed by atoms with Crippen LogP contribution >= 0.6 is 0 Å². The van der Waals surface area contributed by atoms with Gasteiger partial charge in [-0.05, 0) is 44.2 Å². The molecule has 2 N–H and O–H groups in total. The van der Waals surface area contributed by atoms with Crippen LogP contribution < -0.4 is 10.6 Å². The molecular formula is C21H26N4O2. The Bertz CT molecular complexity index is 822. The summed E-state index contributed by atoms with van der Waals surface area (Å²) in [6.45, 7) is 0.744. The first-order valence-electron chi connectivity index (χ1n) is 9.99. The number of carbonyl (C=O) groups is 2. The van der Waals surface area contributed by atoms with E-state index in [1.807, 2.05) is 34.9 Å². The first-order chi connectivity index (χ1) is 13.2. The quantitative estimate of drug-likeness (QED) is 0.869. The summed E-state index contributed by atoms with van der Waals surface area (Å²) in [5.41, 5.74) is 1.99. The molecule has 2 amide bonds. The number of nitrogens with one attached hydrogen (secondary N) is 2. The highest BCUT2D eigenvalue weighted by Gasteiger charge is 2.28. The molecule has 4 rings (SSSR count). The van der Waals surface area contributed by atoms with Gasteiger partial charge in [-0.1, -0.05) is 37.5 Å². The zero-order valence-corrected chi connectivity index (χ0v) is 15.5. The molecule has 1 aromatic heterocycles. The maximum Gasteiger partial charge on any atom is 0.287 e. The van der Waals surface area contributed by atoms with E-state index in [-0.39, 0.29) is 17.9 Å². The van der Waals surface area contributed by atoms with Gasteiger partial charge in [-0.25, -0.2) is 4.98 Å². The Hall–Kier alpha value is -2.63. The van der Waals surface area contributed by atoms with Gasteiger partial charge >= 0.3 is 0 Å². The van der Waals surface area contributed by atoms with Crippen LogP contribution in [0, 0.1) is 0 Å². The predicted molar refractivity (Wildman–Crippen MR) is 104 cm³/mol. The van der Waals surface area contributed by atoms with E-state index in [9.17, 15) is 9.59 Å². The van der Waals surface area contributed by atoms with Gasteiger partial charge in [-0.2, -0.15) is 0 Å². The summed E-state index contributed by atoms with van der Waals surface area (Å²) in [5.74, 6) is -0.0131. The number of imidazole rings is 1. The summed E-state index contributed by atoms with van der Waals surface area (Å²) in [6.07, 6.45) is 8.43. The van der Waals surface area contributed by atoms with Crippen LogP contribution in [-0.2, 0) is 13.0 Å². The third-order valence-electron chi connectivity index (χ3n) is 5.51. The highest BCUT2D eigenvalue weighted by atomic mass is 16.2. The Labute approximate surface area is 159 Å². The molecule has 6 heteroatoms. The second-order valence-corrected chi connectivity index (χ2v) is 7.47. The van der Waals surface area contributed by atoms with Gasteiger partial charge in [0.1, 0.15) is 0 Å². The predicted octanol–water partition coefficient (Wildman–Crippen LogP) is 3.53. The van der Waals surface area contributed by atoms with E-state index in [2.05, 4.69) is 15.6 Å². The summed E-state index contributed by atoms with van der Waals surface area (Å²) in [6, 6.07) is 9.57. The lowest BCUT2D eigenvalue weighted by atomic mass is 9.95. The lowest BCUT2D eigenvalue weighted by Crippen LogP contribution is -2.37. The fourth-order valence-corrected chi connectivity index (χ4v) is 4.11. The van der Waals surface area contributed by atoms with Gasteiger partial charge in [0.2, 0.25) is 0 Å². The third-order valence-corrected chi connectivity index (χ3v) is 5.51. The van der Waals surface area contributed by atoms with E-state index in [1.165, 1.54) is 6.42 Å². The molecule has 1 saturated carbocycles. The molecule has 0 bridgehead atoms. The van der Waals surface area contributed by atoms with Crippen molar-refractivity contribution in [3.05, 3.63) is 47.5 Å². The van der Waals surface area contributed by atoms with Crippen molar-refractivity contribution in [1.82, 2.24) is 14.9 Å². The van der Waals surface area contributed by atoms with Gasteiger partial charge < -0.3 is 15.2 Å². The number of hydrogen-bond acceptors (Lipinski definition) is 3. The Balaban J connectivity index is 1.57. The standard InChI is InChI=1S/C21H26N4O2/c26-20(22-15-9-3-1-4-10-15)18-17-13-7-8-14-25(17)19(24-18)21(27)23-16-11-5-2-6-12-16/h1,3-4,9-10,16H,2,5-8,11-14H2,(H,22,26)(H,23,27). The Morgan fingerprint density at radius 3 is 2.52 bits per heavy atom. The number of rotatable bonds is 4. The second-order valence-electron chi connectivity index (χ2n) is 7.47. The van der Waals surface area contributed by atoms with Crippen molar-refractivity contribution in [2.75, 3.05) is 5.32 Å². The van der Waals surface area contributed by atoms with Crippen LogP contribution in [0.5, 0.6) is 0 Å². The lowest BCUT2D eigenvalue weighted by molar-refractivity contribution is 0.0911. The Morgan fingerprint density at radius 1 is 0.963 bits per heavy atom. The molecule has 1 aliphatic carbocycles. The van der Waals surface area contributed by atoms with Gasteiger partial charge in [0.05, 0.1) is 5.69 Å². The zero-order chi connectivity index (χ0) is 18.6. The molecule has 0 atom stereocenters. The van der Waals surface area contributed by atoms with Crippen LogP contribution in [0.3, 0.4) is 0 Å². The molecular weight excluding hydrogens is 340 g/mol. The van der Waals surface area contributed by atoms with Crippen molar-refractivity contribution in [3.8, 4) is 0 Å². The number of aromatic nitrogens is 2. The number of anilines is 1. The van der Waals surface area contributed by atoms with E-state index in [1.54, 1.807) is 0 Å². The Kier molecular flexibility index (Phi) is 5.23. The highest BCUT2D eigenvalue weighted by molar-refractivity contribution is 6.05. The van der Waals surface area contributed by atoms with Crippen molar-refractivity contribution in [1.29, 1.82) is 0 Å². The molecule has 142 valence electrons. The monoisotopic (exact) mass is 366 g/mol. The number of para-hydroxylation sites is 1. The van der Waals surface area contributed by atoms with E-state index < -0.39 is 0 Å². The fourth-order valence-electron chi connectivity index (χ4n) is 4.11. The SMILES string of the molecule is O=C(Nc1ccccc1)c1nc(C(=O)NC2CCCCC2)n2c1CCCC2. The largest absolute Gasteiger partial charge is 0.347 e. The minimum absolute atomic E-state index is 0.149. The summed E-state index contributed by atoms with van der Waals surface area (Å²) < 4.78 is 1.95. The van der Waals surface area contributed by atoms with Gasteiger partial charge in [0, 0.05) is 18.3 Å². The van der Waals surface area contributed by atoms with E-state index >= 15 is 0 Å². The molecule has 1 fully saturated rings. The molecule has 2 heterocycles. The zero-order valence-electron chi connectivity index (χ0n) is 15.5. The molecule has 0 saturated heterocycles. The van der Waals surface area contributed by atoms with E-state index in [0.29, 0.717) is 11.5 Å². The molecule has 1 aliphatic heterocycles. The van der Waals surface area contributed by atoms with Gasteiger partial charge in [-0.3, -0.25) is 9.59 Å². The van der Waals surface area contributed by atoms with Crippen LogP contribution in [-0.4, -0.2) is 27.4 Å². The topological polar surface area (TPSA) is 76.0 Å². The van der Waals surface area contributed by atoms with Crippen LogP contribution in [0.2, 0.25) is 0 Å². The van der Waals surface area contributed by atoms with Gasteiger partial charge in [0.25, 0.3) is 11.8 Å². The van der Waals surface area contributed by atoms with Crippen molar-refractivity contribution < 1.29 is 9.59 Å².